The maximum absolute atomic E-state index is 9.45. The molecule has 100 valence electrons. The summed E-state index contributed by atoms with van der Waals surface area (Å²) in [5, 5.41) is 24.2. The Labute approximate surface area is 108 Å². The van der Waals surface area contributed by atoms with Crippen molar-refractivity contribution < 1.29 is 14.4 Å². The van der Waals surface area contributed by atoms with E-state index in [2.05, 4.69) is 25.7 Å². The van der Waals surface area contributed by atoms with Gasteiger partial charge in [-0.05, 0) is 12.5 Å². The Kier molecular flexibility index (Phi) is 3.10. The highest BCUT2D eigenvalue weighted by Gasteiger charge is 2.28. The van der Waals surface area contributed by atoms with E-state index >= 15 is 0 Å². The molecule has 19 heavy (non-hydrogen) atoms. The number of aromatic nitrogens is 4. The third kappa shape index (κ3) is 2.40. The van der Waals surface area contributed by atoms with E-state index in [1.165, 1.54) is 7.11 Å². The van der Waals surface area contributed by atoms with Crippen molar-refractivity contribution in [2.24, 2.45) is 0 Å². The first kappa shape index (κ1) is 12.0. The Morgan fingerprint density at radius 3 is 2.95 bits per heavy atom. The van der Waals surface area contributed by atoms with E-state index in [-0.39, 0.29) is 12.1 Å². The molecule has 1 aliphatic heterocycles. The molecule has 2 aromatic rings. The predicted molar refractivity (Wildman–Crippen MR) is 63.2 cm³/mol. The third-order valence-corrected chi connectivity index (χ3v) is 2.93. The van der Waals surface area contributed by atoms with Crippen LogP contribution in [0.2, 0.25) is 0 Å². The van der Waals surface area contributed by atoms with Gasteiger partial charge in [0.15, 0.2) is 0 Å². The van der Waals surface area contributed by atoms with E-state index in [1.54, 1.807) is 12.1 Å². The third-order valence-electron chi connectivity index (χ3n) is 2.93. The molecule has 2 N–H and O–H groups in total. The standard InChI is InChI=1S/C11H13N5O3/c1-18-9-3-2-7(14-15-9)10-13-11(19-16-10)8-4-6(17)5-12-8/h2-3,6,8,12,17H,4-5H2,1H3/t6?,8-/m0/s1. The van der Waals surface area contributed by atoms with Gasteiger partial charge in [0.25, 0.3) is 0 Å². The maximum atomic E-state index is 9.45. The normalized spacial score (nSPS) is 22.6. The van der Waals surface area contributed by atoms with Crippen LogP contribution in [0, 0.1) is 0 Å². The van der Waals surface area contributed by atoms with Gasteiger partial charge >= 0.3 is 0 Å². The van der Waals surface area contributed by atoms with Crippen LogP contribution >= 0.6 is 0 Å². The molecule has 0 amide bonds. The Morgan fingerprint density at radius 1 is 1.42 bits per heavy atom. The van der Waals surface area contributed by atoms with Crippen LogP contribution in [0.25, 0.3) is 11.5 Å². The molecule has 8 nitrogen and oxygen atoms in total. The molecule has 8 heteroatoms. The highest BCUT2D eigenvalue weighted by atomic mass is 16.5. The smallest absolute Gasteiger partial charge is 0.244 e. The minimum Gasteiger partial charge on any atom is -0.480 e. The first-order chi connectivity index (χ1) is 9.26. The predicted octanol–water partition coefficient (Wildman–Crippen LogP) is -0.0695. The Bertz CT molecular complexity index is 556. The second kappa shape index (κ2) is 4.90. The minimum absolute atomic E-state index is 0.109. The van der Waals surface area contributed by atoms with E-state index < -0.39 is 0 Å². The van der Waals surface area contributed by atoms with Crippen LogP contribution in [0.3, 0.4) is 0 Å². The van der Waals surface area contributed by atoms with Gasteiger partial charge in [0.1, 0.15) is 5.69 Å². The fraction of sp³-hybridized carbons (Fsp3) is 0.455. The monoisotopic (exact) mass is 263 g/mol. The van der Waals surface area contributed by atoms with Gasteiger partial charge in [-0.2, -0.15) is 4.98 Å². The van der Waals surface area contributed by atoms with Crippen LogP contribution in [-0.4, -0.2) is 45.2 Å². The second-order valence-electron chi connectivity index (χ2n) is 4.27. The van der Waals surface area contributed by atoms with Crippen LogP contribution in [0.5, 0.6) is 5.88 Å². The highest BCUT2D eigenvalue weighted by molar-refractivity contribution is 5.47. The van der Waals surface area contributed by atoms with E-state index in [1.807, 2.05) is 0 Å². The SMILES string of the molecule is COc1ccc(-c2noc([C@@H]3CC(O)CN3)n2)nn1. The van der Waals surface area contributed by atoms with E-state index in [9.17, 15) is 5.11 Å². The van der Waals surface area contributed by atoms with Gasteiger partial charge in [0.05, 0.1) is 19.3 Å². The van der Waals surface area contributed by atoms with Crippen LogP contribution in [-0.2, 0) is 0 Å². The molecule has 2 aromatic heterocycles. The van der Waals surface area contributed by atoms with E-state index in [0.717, 1.165) is 0 Å². The van der Waals surface area contributed by atoms with Crippen molar-refractivity contribution in [3.05, 3.63) is 18.0 Å². The number of hydrogen-bond acceptors (Lipinski definition) is 8. The summed E-state index contributed by atoms with van der Waals surface area (Å²) in [6, 6.07) is 3.27. The Hall–Kier alpha value is -2.06. The largest absolute Gasteiger partial charge is 0.480 e. The van der Waals surface area contributed by atoms with E-state index in [0.29, 0.717) is 36.3 Å². The van der Waals surface area contributed by atoms with Gasteiger partial charge in [0, 0.05) is 12.6 Å². The Balaban J connectivity index is 1.80. The van der Waals surface area contributed by atoms with Gasteiger partial charge in [-0.3, -0.25) is 0 Å². The minimum atomic E-state index is -0.374. The van der Waals surface area contributed by atoms with Gasteiger partial charge in [-0.1, -0.05) is 5.16 Å². The van der Waals surface area contributed by atoms with Crippen molar-refractivity contribution in [1.82, 2.24) is 25.7 Å². The van der Waals surface area contributed by atoms with Gasteiger partial charge in [0.2, 0.25) is 17.6 Å². The molecular weight excluding hydrogens is 250 g/mol. The summed E-state index contributed by atoms with van der Waals surface area (Å²) in [4.78, 5) is 4.26. The first-order valence-electron chi connectivity index (χ1n) is 5.89. The molecule has 0 spiro atoms. The molecule has 0 saturated carbocycles. The first-order valence-corrected chi connectivity index (χ1v) is 5.89. The lowest BCUT2D eigenvalue weighted by atomic mass is 10.2. The van der Waals surface area contributed by atoms with Crippen molar-refractivity contribution in [3.63, 3.8) is 0 Å². The zero-order chi connectivity index (χ0) is 13.2. The summed E-state index contributed by atoms with van der Waals surface area (Å²) in [6.45, 7) is 0.532. The molecule has 1 aliphatic rings. The summed E-state index contributed by atoms with van der Waals surface area (Å²) < 4.78 is 10.1. The summed E-state index contributed by atoms with van der Waals surface area (Å²) >= 11 is 0. The number of rotatable bonds is 3. The summed E-state index contributed by atoms with van der Waals surface area (Å²) in [5.41, 5.74) is 0.509. The molecule has 0 aromatic carbocycles. The lowest BCUT2D eigenvalue weighted by Crippen LogP contribution is -2.15. The average Bonchev–Trinajstić information content (AvgIpc) is 3.07. The fourth-order valence-electron chi connectivity index (χ4n) is 1.93. The van der Waals surface area contributed by atoms with Gasteiger partial charge in [-0.25, -0.2) is 0 Å². The molecule has 1 saturated heterocycles. The van der Waals surface area contributed by atoms with E-state index in [4.69, 9.17) is 9.26 Å². The number of aliphatic hydroxyl groups excluding tert-OH is 1. The number of methoxy groups -OCH3 is 1. The number of nitrogens with zero attached hydrogens (tertiary/aromatic N) is 4. The molecule has 2 atom stereocenters. The number of aliphatic hydroxyl groups is 1. The lowest BCUT2D eigenvalue weighted by Gasteiger charge is -2.01. The molecule has 0 radical (unpaired) electrons. The summed E-state index contributed by atoms with van der Waals surface area (Å²) in [7, 11) is 1.52. The zero-order valence-electron chi connectivity index (χ0n) is 10.3. The molecule has 1 fully saturated rings. The second-order valence-corrected chi connectivity index (χ2v) is 4.27. The summed E-state index contributed by atoms with van der Waals surface area (Å²) in [6.07, 6.45) is 0.191. The van der Waals surface area contributed by atoms with Gasteiger partial charge in [-0.15, -0.1) is 10.2 Å². The van der Waals surface area contributed by atoms with Crippen molar-refractivity contribution in [2.75, 3.05) is 13.7 Å². The number of hydrogen-bond donors (Lipinski definition) is 2. The van der Waals surface area contributed by atoms with Gasteiger partial charge < -0.3 is 19.7 Å². The maximum Gasteiger partial charge on any atom is 0.244 e. The van der Waals surface area contributed by atoms with Crippen LogP contribution in [0.1, 0.15) is 18.4 Å². The van der Waals surface area contributed by atoms with Crippen molar-refractivity contribution in [2.45, 2.75) is 18.6 Å². The highest BCUT2D eigenvalue weighted by Crippen LogP contribution is 2.23. The van der Waals surface area contributed by atoms with Crippen LogP contribution in [0.4, 0.5) is 0 Å². The molecule has 3 heterocycles. The molecule has 0 aliphatic carbocycles. The topological polar surface area (TPSA) is 106 Å². The van der Waals surface area contributed by atoms with Crippen LogP contribution in [0.15, 0.2) is 16.7 Å². The van der Waals surface area contributed by atoms with Crippen molar-refractivity contribution in [3.8, 4) is 17.4 Å². The quantitative estimate of drug-likeness (QED) is 0.792. The average molecular weight is 263 g/mol. The zero-order valence-corrected chi connectivity index (χ0v) is 10.3. The fourth-order valence-corrected chi connectivity index (χ4v) is 1.93. The lowest BCUT2D eigenvalue weighted by molar-refractivity contribution is 0.191. The van der Waals surface area contributed by atoms with Crippen molar-refractivity contribution >= 4 is 0 Å². The van der Waals surface area contributed by atoms with Crippen LogP contribution < -0.4 is 10.1 Å². The van der Waals surface area contributed by atoms with Crippen molar-refractivity contribution in [1.29, 1.82) is 0 Å². The molecular formula is C11H13N5O3. The Morgan fingerprint density at radius 2 is 2.32 bits per heavy atom. The molecule has 1 unspecified atom stereocenters. The molecule has 0 bridgehead atoms. The summed E-state index contributed by atoms with van der Waals surface area (Å²) in [5.74, 6) is 1.24. The number of nitrogens with one attached hydrogen (secondary N) is 1. The molecule has 3 rings (SSSR count). The number of ether oxygens (including phenoxy) is 1. The number of β-amino-alcohol motifs (C(OH)–C–C–N with tert-alkyl or cyclic N) is 1.